The van der Waals surface area contributed by atoms with Gasteiger partial charge < -0.3 is 20.1 Å². The van der Waals surface area contributed by atoms with Gasteiger partial charge in [0.05, 0.1) is 36.5 Å². The summed E-state index contributed by atoms with van der Waals surface area (Å²) in [4.78, 5) is 9.19. The van der Waals surface area contributed by atoms with Gasteiger partial charge in [-0.05, 0) is 24.3 Å². The number of thiazole rings is 2. The Balaban J connectivity index is 1.42. The second kappa shape index (κ2) is 8.46. The first-order chi connectivity index (χ1) is 14.2. The topological polar surface area (TPSA) is 92.2 Å². The lowest BCUT2D eigenvalue weighted by Gasteiger charge is -2.14. The molecule has 2 aromatic heterocycles. The van der Waals surface area contributed by atoms with E-state index in [9.17, 15) is 0 Å². The van der Waals surface area contributed by atoms with E-state index in [-0.39, 0.29) is 5.96 Å². The Morgan fingerprint density at radius 2 is 1.79 bits per heavy atom. The summed E-state index contributed by atoms with van der Waals surface area (Å²) in [5.74, 6) is 1.55. The Kier molecular flexibility index (Phi) is 5.59. The fourth-order valence-corrected chi connectivity index (χ4v) is 4.54. The predicted octanol–water partition coefficient (Wildman–Crippen LogP) is 4.57. The van der Waals surface area contributed by atoms with Crippen LogP contribution in [0.5, 0.6) is 11.5 Å². The summed E-state index contributed by atoms with van der Waals surface area (Å²) < 4.78 is 11.9. The van der Waals surface area contributed by atoms with Crippen LogP contribution in [-0.4, -0.2) is 30.1 Å². The fraction of sp³-hybridized carbons (Fsp3) is 0.150. The number of hydrogen-bond donors (Lipinski definition) is 3. The Morgan fingerprint density at radius 1 is 1.03 bits per heavy atom. The van der Waals surface area contributed by atoms with E-state index < -0.39 is 0 Å². The van der Waals surface area contributed by atoms with Crippen molar-refractivity contribution in [2.45, 2.75) is 6.54 Å². The zero-order chi connectivity index (χ0) is 20.2. The second-order valence-corrected chi connectivity index (χ2v) is 7.91. The molecule has 4 aromatic rings. The van der Waals surface area contributed by atoms with Gasteiger partial charge in [0.1, 0.15) is 22.2 Å². The Morgan fingerprint density at radius 3 is 2.52 bits per heavy atom. The number of ether oxygens (including phenoxy) is 2. The van der Waals surface area contributed by atoms with Crippen molar-refractivity contribution in [1.29, 1.82) is 5.41 Å². The third kappa shape index (κ3) is 4.15. The van der Waals surface area contributed by atoms with Crippen molar-refractivity contribution in [2.24, 2.45) is 0 Å². The van der Waals surface area contributed by atoms with Gasteiger partial charge >= 0.3 is 0 Å². The van der Waals surface area contributed by atoms with Crippen LogP contribution in [0.15, 0.2) is 47.8 Å². The summed E-state index contributed by atoms with van der Waals surface area (Å²) in [5, 5.41) is 17.6. The summed E-state index contributed by atoms with van der Waals surface area (Å²) in [7, 11) is 3.22. The van der Waals surface area contributed by atoms with Crippen LogP contribution >= 0.6 is 22.7 Å². The van der Waals surface area contributed by atoms with E-state index in [4.69, 9.17) is 14.9 Å². The summed E-state index contributed by atoms with van der Waals surface area (Å²) in [6, 6.07) is 13.6. The molecule has 0 amide bonds. The zero-order valence-corrected chi connectivity index (χ0v) is 17.5. The lowest BCUT2D eigenvalue weighted by atomic mass is 10.1. The van der Waals surface area contributed by atoms with E-state index in [1.54, 1.807) is 25.6 Å². The van der Waals surface area contributed by atoms with E-state index >= 15 is 0 Å². The molecule has 0 unspecified atom stereocenters. The maximum Gasteiger partial charge on any atom is 0.195 e. The molecule has 7 nitrogen and oxygen atoms in total. The summed E-state index contributed by atoms with van der Waals surface area (Å²) >= 11 is 3.04. The van der Waals surface area contributed by atoms with Crippen LogP contribution in [-0.2, 0) is 6.54 Å². The van der Waals surface area contributed by atoms with E-state index in [0.29, 0.717) is 23.2 Å². The lowest BCUT2D eigenvalue weighted by Crippen LogP contribution is -2.29. The van der Waals surface area contributed by atoms with Gasteiger partial charge in [-0.25, -0.2) is 9.97 Å². The summed E-state index contributed by atoms with van der Waals surface area (Å²) in [6.07, 6.45) is 0. The maximum atomic E-state index is 8.18. The highest BCUT2D eigenvalue weighted by molar-refractivity contribution is 7.22. The van der Waals surface area contributed by atoms with Crippen LogP contribution in [0.3, 0.4) is 0 Å². The molecule has 0 spiro atoms. The molecule has 0 radical (unpaired) electrons. The van der Waals surface area contributed by atoms with Crippen molar-refractivity contribution >= 4 is 44.0 Å². The van der Waals surface area contributed by atoms with Crippen LogP contribution in [0.4, 0.5) is 5.13 Å². The first-order valence-corrected chi connectivity index (χ1v) is 10.5. The molecule has 0 saturated heterocycles. The summed E-state index contributed by atoms with van der Waals surface area (Å²) in [6.45, 7) is 0.384. The van der Waals surface area contributed by atoms with Crippen molar-refractivity contribution in [3.8, 4) is 22.2 Å². The average Bonchev–Trinajstić information content (AvgIpc) is 3.38. The Labute approximate surface area is 175 Å². The number of fused-ring (bicyclic) bond motifs is 1. The number of methoxy groups -OCH3 is 2. The molecule has 9 heteroatoms. The third-order valence-corrected chi connectivity index (χ3v) is 6.04. The number of aromatic nitrogens is 2. The monoisotopic (exact) mass is 425 g/mol. The number of para-hydroxylation sites is 1. The van der Waals surface area contributed by atoms with Gasteiger partial charge in [-0.3, -0.25) is 5.41 Å². The van der Waals surface area contributed by atoms with Crippen LogP contribution in [0.1, 0.15) is 5.56 Å². The molecule has 2 aromatic carbocycles. The van der Waals surface area contributed by atoms with Crippen molar-refractivity contribution < 1.29 is 9.47 Å². The quantitative estimate of drug-likeness (QED) is 0.309. The number of guanidine groups is 1. The number of anilines is 1. The third-order valence-electron chi connectivity index (χ3n) is 4.22. The van der Waals surface area contributed by atoms with Gasteiger partial charge in [0.2, 0.25) is 0 Å². The van der Waals surface area contributed by atoms with Gasteiger partial charge in [0, 0.05) is 5.38 Å². The van der Waals surface area contributed by atoms with Crippen LogP contribution in [0.25, 0.3) is 20.9 Å². The van der Waals surface area contributed by atoms with Gasteiger partial charge in [-0.2, -0.15) is 0 Å². The minimum atomic E-state index is 0.142. The van der Waals surface area contributed by atoms with Gasteiger partial charge in [-0.15, -0.1) is 22.7 Å². The van der Waals surface area contributed by atoms with Gasteiger partial charge in [-0.1, -0.05) is 18.2 Å². The van der Waals surface area contributed by atoms with Crippen LogP contribution in [0, 0.1) is 5.41 Å². The number of benzene rings is 2. The number of hydrogen-bond acceptors (Lipinski definition) is 7. The first kappa shape index (κ1) is 19.2. The second-order valence-electron chi connectivity index (χ2n) is 6.02. The van der Waals surface area contributed by atoms with Crippen molar-refractivity contribution in [3.05, 3.63) is 53.4 Å². The number of rotatable bonds is 6. The standard InChI is InChI=1S/C20H19N5O2S2/c1-26-15-7-5-8-16(27-2)12(15)10-22-19(21)25-20-24-14(11-28-20)18-23-13-6-3-4-9-17(13)29-18/h3-9,11H,10H2,1-2H3,(H3,21,22,24,25). The highest BCUT2D eigenvalue weighted by Crippen LogP contribution is 2.32. The molecule has 0 aliphatic carbocycles. The Bertz CT molecular complexity index is 1100. The zero-order valence-electron chi connectivity index (χ0n) is 15.9. The minimum Gasteiger partial charge on any atom is -0.496 e. The first-order valence-electron chi connectivity index (χ1n) is 8.78. The molecule has 29 heavy (non-hydrogen) atoms. The predicted molar refractivity (Wildman–Crippen MR) is 118 cm³/mol. The van der Waals surface area contributed by atoms with Crippen LogP contribution < -0.4 is 20.1 Å². The highest BCUT2D eigenvalue weighted by Gasteiger charge is 2.13. The van der Waals surface area contributed by atoms with Crippen LogP contribution in [0.2, 0.25) is 0 Å². The number of nitrogens with one attached hydrogen (secondary N) is 3. The molecule has 0 bridgehead atoms. The average molecular weight is 426 g/mol. The molecule has 2 heterocycles. The maximum absolute atomic E-state index is 8.18. The van der Waals surface area contributed by atoms with E-state index in [1.165, 1.54) is 11.3 Å². The fourth-order valence-electron chi connectivity index (χ4n) is 2.84. The van der Waals surface area contributed by atoms with Crippen molar-refractivity contribution in [1.82, 2.24) is 15.3 Å². The molecule has 148 valence electrons. The molecular weight excluding hydrogens is 406 g/mol. The smallest absolute Gasteiger partial charge is 0.195 e. The number of nitrogens with zero attached hydrogens (tertiary/aromatic N) is 2. The van der Waals surface area contributed by atoms with E-state index in [2.05, 4.69) is 20.6 Å². The van der Waals surface area contributed by atoms with Crippen molar-refractivity contribution in [3.63, 3.8) is 0 Å². The normalized spacial score (nSPS) is 10.7. The SMILES string of the molecule is COc1cccc(OC)c1CNC(=N)Nc1nc(-c2nc3ccccc3s2)cs1. The molecule has 0 aliphatic rings. The molecular formula is C20H19N5O2S2. The van der Waals surface area contributed by atoms with Crippen molar-refractivity contribution in [2.75, 3.05) is 19.5 Å². The molecule has 4 rings (SSSR count). The molecule has 0 fully saturated rings. The van der Waals surface area contributed by atoms with Gasteiger partial charge in [0.15, 0.2) is 11.1 Å². The Hall–Kier alpha value is -3.17. The molecule has 0 atom stereocenters. The largest absolute Gasteiger partial charge is 0.496 e. The van der Waals surface area contributed by atoms with Gasteiger partial charge in [0.25, 0.3) is 0 Å². The minimum absolute atomic E-state index is 0.142. The van der Waals surface area contributed by atoms with E-state index in [0.717, 1.165) is 26.5 Å². The molecule has 0 saturated carbocycles. The molecule has 0 aliphatic heterocycles. The van der Waals surface area contributed by atoms with E-state index in [1.807, 2.05) is 47.8 Å². The highest BCUT2D eigenvalue weighted by atomic mass is 32.1. The molecule has 3 N–H and O–H groups in total. The lowest BCUT2D eigenvalue weighted by molar-refractivity contribution is 0.384. The summed E-state index contributed by atoms with van der Waals surface area (Å²) in [5.41, 5.74) is 2.62.